The number of aliphatic carboxylic acids is 1. The molecule has 0 amide bonds. The Bertz CT molecular complexity index is 243. The average molecular weight is 214 g/mol. The summed E-state index contributed by atoms with van der Waals surface area (Å²) in [5.41, 5.74) is 4.96. The molecule has 6 heteroatoms. The van der Waals surface area contributed by atoms with E-state index in [1.165, 1.54) is 0 Å². The first kappa shape index (κ1) is 12.3. The number of hydrogen-bond donors (Lipinski definition) is 2. The lowest BCUT2D eigenvalue weighted by molar-refractivity contribution is -0.133. The second-order valence-corrected chi connectivity index (χ2v) is 2.90. The molecule has 0 unspecified atom stereocenters. The van der Waals surface area contributed by atoms with E-state index in [-0.39, 0.29) is 24.4 Å². The highest BCUT2D eigenvalue weighted by atomic mass is 35.5. The van der Waals surface area contributed by atoms with Crippen LogP contribution in [-0.4, -0.2) is 23.0 Å². The first-order valence-electron chi connectivity index (χ1n) is 3.49. The molecule has 0 spiro atoms. The number of nitrogens with two attached hydrogens (primary N) is 1. The Morgan fingerprint density at radius 3 is 2.62 bits per heavy atom. The second kappa shape index (κ2) is 4.02. The molecule has 76 valence electrons. The van der Waals surface area contributed by atoms with Crippen molar-refractivity contribution in [2.45, 2.75) is 24.8 Å². The fourth-order valence-electron chi connectivity index (χ4n) is 1.23. The fourth-order valence-corrected chi connectivity index (χ4v) is 1.23. The SMILES string of the molecule is Cl.N[C@H]1CC(C(=O)O)=CC(F)(F)C1. The van der Waals surface area contributed by atoms with E-state index in [2.05, 4.69) is 0 Å². The van der Waals surface area contributed by atoms with Crippen LogP contribution in [0.4, 0.5) is 8.78 Å². The van der Waals surface area contributed by atoms with E-state index in [1.807, 2.05) is 0 Å². The lowest BCUT2D eigenvalue weighted by Crippen LogP contribution is -2.35. The Kier molecular flexibility index (Phi) is 3.81. The monoisotopic (exact) mass is 213 g/mol. The number of carboxylic acid groups (broad SMARTS) is 1. The normalized spacial score (nSPS) is 25.8. The van der Waals surface area contributed by atoms with Crippen LogP contribution in [0, 0.1) is 0 Å². The molecule has 0 fully saturated rings. The van der Waals surface area contributed by atoms with Gasteiger partial charge in [0, 0.05) is 18.0 Å². The van der Waals surface area contributed by atoms with E-state index in [0.29, 0.717) is 6.08 Å². The third-order valence-electron chi connectivity index (χ3n) is 1.68. The van der Waals surface area contributed by atoms with Gasteiger partial charge in [-0.3, -0.25) is 0 Å². The molecular weight excluding hydrogens is 204 g/mol. The van der Waals surface area contributed by atoms with E-state index in [4.69, 9.17) is 10.8 Å². The highest BCUT2D eigenvalue weighted by molar-refractivity contribution is 5.87. The maximum atomic E-state index is 12.6. The highest BCUT2D eigenvalue weighted by Crippen LogP contribution is 2.30. The Hall–Kier alpha value is -0.680. The molecule has 0 saturated carbocycles. The molecule has 0 heterocycles. The average Bonchev–Trinajstić information content (AvgIpc) is 1.82. The summed E-state index contributed by atoms with van der Waals surface area (Å²) in [6, 6.07) is -0.754. The molecule has 0 aromatic carbocycles. The minimum Gasteiger partial charge on any atom is -0.478 e. The summed E-state index contributed by atoms with van der Waals surface area (Å²) in [7, 11) is 0. The summed E-state index contributed by atoms with van der Waals surface area (Å²) in [6.07, 6.45) is 0.0351. The van der Waals surface area contributed by atoms with Gasteiger partial charge in [0.2, 0.25) is 0 Å². The van der Waals surface area contributed by atoms with Crippen LogP contribution in [0.1, 0.15) is 12.8 Å². The van der Waals surface area contributed by atoms with E-state index in [9.17, 15) is 13.6 Å². The molecule has 0 aliphatic heterocycles. The Morgan fingerprint density at radius 2 is 2.23 bits per heavy atom. The molecule has 0 aromatic heterocycles. The van der Waals surface area contributed by atoms with Crippen LogP contribution < -0.4 is 5.73 Å². The van der Waals surface area contributed by atoms with Crippen molar-refractivity contribution in [1.29, 1.82) is 0 Å². The molecule has 0 aromatic rings. The van der Waals surface area contributed by atoms with E-state index in [0.717, 1.165) is 0 Å². The number of rotatable bonds is 1. The molecule has 1 aliphatic carbocycles. The summed E-state index contributed by atoms with van der Waals surface area (Å²) in [5, 5.41) is 8.43. The van der Waals surface area contributed by atoms with Crippen molar-refractivity contribution in [3.63, 3.8) is 0 Å². The number of hydrogen-bond acceptors (Lipinski definition) is 2. The molecule has 1 rings (SSSR count). The zero-order valence-electron chi connectivity index (χ0n) is 6.67. The van der Waals surface area contributed by atoms with Crippen LogP contribution >= 0.6 is 12.4 Å². The van der Waals surface area contributed by atoms with Gasteiger partial charge in [-0.1, -0.05) is 0 Å². The quantitative estimate of drug-likeness (QED) is 0.688. The molecule has 1 atom stereocenters. The number of carboxylic acids is 1. The van der Waals surface area contributed by atoms with Gasteiger partial charge in [-0.2, -0.15) is 0 Å². The Morgan fingerprint density at radius 1 is 1.69 bits per heavy atom. The number of allylic oxidation sites excluding steroid dienone is 1. The van der Waals surface area contributed by atoms with Crippen LogP contribution in [-0.2, 0) is 4.79 Å². The number of halogens is 3. The van der Waals surface area contributed by atoms with Gasteiger partial charge in [-0.25, -0.2) is 13.6 Å². The van der Waals surface area contributed by atoms with Crippen molar-refractivity contribution in [2.24, 2.45) is 5.73 Å². The standard InChI is InChI=1S/C7H9F2NO2.ClH/c8-7(9)2-4(6(11)12)1-5(10)3-7;/h2,5H,1,3,10H2,(H,11,12);1H/t5-;/m0./s1. The zero-order valence-corrected chi connectivity index (χ0v) is 7.48. The predicted molar refractivity (Wildman–Crippen MR) is 45.1 cm³/mol. The largest absolute Gasteiger partial charge is 0.478 e. The molecule has 3 nitrogen and oxygen atoms in total. The maximum absolute atomic E-state index is 12.6. The van der Waals surface area contributed by atoms with E-state index < -0.39 is 24.4 Å². The van der Waals surface area contributed by atoms with Gasteiger partial charge in [0.1, 0.15) is 0 Å². The lowest BCUT2D eigenvalue weighted by atomic mass is 9.93. The van der Waals surface area contributed by atoms with Crippen molar-refractivity contribution in [3.05, 3.63) is 11.6 Å². The maximum Gasteiger partial charge on any atom is 0.331 e. The van der Waals surface area contributed by atoms with Crippen LogP contribution in [0.2, 0.25) is 0 Å². The van der Waals surface area contributed by atoms with Gasteiger partial charge in [-0.05, 0) is 12.5 Å². The number of alkyl halides is 2. The molecule has 3 N–H and O–H groups in total. The third-order valence-corrected chi connectivity index (χ3v) is 1.68. The minimum absolute atomic E-state index is 0. The molecule has 13 heavy (non-hydrogen) atoms. The van der Waals surface area contributed by atoms with Gasteiger partial charge in [-0.15, -0.1) is 12.4 Å². The Balaban J connectivity index is 0.00000144. The molecule has 0 saturated heterocycles. The van der Waals surface area contributed by atoms with Crippen LogP contribution in [0.25, 0.3) is 0 Å². The molecule has 0 radical (unpaired) electrons. The van der Waals surface area contributed by atoms with Crippen LogP contribution in [0.3, 0.4) is 0 Å². The van der Waals surface area contributed by atoms with Gasteiger partial charge in [0.15, 0.2) is 0 Å². The predicted octanol–water partition coefficient (Wildman–Crippen LogP) is 1.18. The van der Waals surface area contributed by atoms with Crippen LogP contribution in [0.15, 0.2) is 11.6 Å². The lowest BCUT2D eigenvalue weighted by Gasteiger charge is -2.23. The van der Waals surface area contributed by atoms with Crippen molar-refractivity contribution in [2.75, 3.05) is 0 Å². The Labute approximate surface area is 80.0 Å². The molecular formula is C7H10ClF2NO2. The molecule has 1 aliphatic rings. The first-order chi connectivity index (χ1) is 5.41. The summed E-state index contributed by atoms with van der Waals surface area (Å²) in [4.78, 5) is 10.3. The van der Waals surface area contributed by atoms with Gasteiger partial charge in [0.25, 0.3) is 5.92 Å². The summed E-state index contributed by atoms with van der Waals surface area (Å²) in [5.74, 6) is -4.38. The summed E-state index contributed by atoms with van der Waals surface area (Å²) < 4.78 is 25.3. The van der Waals surface area contributed by atoms with Crippen LogP contribution in [0.5, 0.6) is 0 Å². The zero-order chi connectivity index (χ0) is 9.35. The topological polar surface area (TPSA) is 63.3 Å². The van der Waals surface area contributed by atoms with Gasteiger partial charge >= 0.3 is 5.97 Å². The van der Waals surface area contributed by atoms with E-state index >= 15 is 0 Å². The highest BCUT2D eigenvalue weighted by Gasteiger charge is 2.35. The summed E-state index contributed by atoms with van der Waals surface area (Å²) in [6.45, 7) is 0. The first-order valence-corrected chi connectivity index (χ1v) is 3.49. The number of carbonyl (C=O) groups is 1. The van der Waals surface area contributed by atoms with Gasteiger partial charge in [0.05, 0.1) is 0 Å². The summed E-state index contributed by atoms with van der Waals surface area (Å²) >= 11 is 0. The smallest absolute Gasteiger partial charge is 0.331 e. The van der Waals surface area contributed by atoms with Crippen molar-refractivity contribution in [1.82, 2.24) is 0 Å². The van der Waals surface area contributed by atoms with Gasteiger partial charge < -0.3 is 10.8 Å². The minimum atomic E-state index is -3.06. The fraction of sp³-hybridized carbons (Fsp3) is 0.571. The van der Waals surface area contributed by atoms with Crippen molar-refractivity contribution in [3.8, 4) is 0 Å². The molecule has 0 bridgehead atoms. The second-order valence-electron chi connectivity index (χ2n) is 2.90. The van der Waals surface area contributed by atoms with E-state index in [1.54, 1.807) is 0 Å². The van der Waals surface area contributed by atoms with Crippen molar-refractivity contribution < 1.29 is 18.7 Å². The third kappa shape index (κ3) is 3.28. The van der Waals surface area contributed by atoms with Crippen molar-refractivity contribution >= 4 is 18.4 Å².